The lowest BCUT2D eigenvalue weighted by molar-refractivity contribution is -0.385. The first-order valence-corrected chi connectivity index (χ1v) is 9.44. The van der Waals surface area contributed by atoms with Crippen LogP contribution < -0.4 is 0 Å². The lowest BCUT2D eigenvalue weighted by Crippen LogP contribution is -2.32. The van der Waals surface area contributed by atoms with Gasteiger partial charge in [-0.3, -0.25) is 14.9 Å². The molecular weight excluding hydrogens is 396 g/mol. The van der Waals surface area contributed by atoms with E-state index < -0.39 is 4.92 Å². The van der Waals surface area contributed by atoms with Gasteiger partial charge in [0.15, 0.2) is 0 Å². The van der Waals surface area contributed by atoms with Crippen LogP contribution in [0.25, 0.3) is 11.5 Å². The highest BCUT2D eigenvalue weighted by molar-refractivity contribution is 6.30. The van der Waals surface area contributed by atoms with Gasteiger partial charge in [0.2, 0.25) is 11.8 Å². The van der Waals surface area contributed by atoms with E-state index in [1.54, 1.807) is 42.2 Å². The molecule has 0 unspecified atom stereocenters. The highest BCUT2D eigenvalue weighted by Crippen LogP contribution is 2.31. The Kier molecular flexibility index (Phi) is 5.02. The zero-order valence-corrected chi connectivity index (χ0v) is 16.3. The number of hydrogen-bond donors (Lipinski definition) is 0. The normalized spacial score (nSPS) is 13.3. The maximum Gasteiger partial charge on any atom is 0.272 e. The number of hydrogen-bond acceptors (Lipinski definition) is 6. The van der Waals surface area contributed by atoms with Gasteiger partial charge >= 0.3 is 0 Å². The number of rotatable bonds is 6. The fraction of sp³-hybridized carbons (Fsp3) is 0.250. The van der Waals surface area contributed by atoms with E-state index in [0.717, 1.165) is 18.4 Å². The van der Waals surface area contributed by atoms with Gasteiger partial charge < -0.3 is 9.32 Å². The van der Waals surface area contributed by atoms with Crippen molar-refractivity contribution in [1.29, 1.82) is 0 Å². The van der Waals surface area contributed by atoms with E-state index in [4.69, 9.17) is 16.0 Å². The second-order valence-electron chi connectivity index (χ2n) is 6.93. The second-order valence-corrected chi connectivity index (χ2v) is 7.37. The largest absolute Gasteiger partial charge is 0.419 e. The molecule has 0 radical (unpaired) electrons. The molecule has 0 saturated heterocycles. The zero-order chi connectivity index (χ0) is 20.5. The van der Waals surface area contributed by atoms with Crippen LogP contribution in [-0.4, -0.2) is 32.0 Å². The van der Waals surface area contributed by atoms with Crippen LogP contribution in [0.1, 0.15) is 34.7 Å². The van der Waals surface area contributed by atoms with E-state index in [-0.39, 0.29) is 24.2 Å². The molecule has 4 rings (SSSR count). The number of carbonyl (C=O) groups is 1. The summed E-state index contributed by atoms with van der Waals surface area (Å²) in [4.78, 5) is 25.3. The molecule has 9 heteroatoms. The van der Waals surface area contributed by atoms with E-state index in [0.29, 0.717) is 27.9 Å². The highest BCUT2D eigenvalue weighted by atomic mass is 35.5. The van der Waals surface area contributed by atoms with Crippen LogP contribution in [0.4, 0.5) is 5.69 Å². The van der Waals surface area contributed by atoms with Gasteiger partial charge in [0, 0.05) is 33.8 Å². The molecule has 1 saturated carbocycles. The lowest BCUT2D eigenvalue weighted by atomic mass is 10.1. The summed E-state index contributed by atoms with van der Waals surface area (Å²) in [6, 6.07) is 11.5. The van der Waals surface area contributed by atoms with Gasteiger partial charge in [0.05, 0.1) is 11.5 Å². The third kappa shape index (κ3) is 4.12. The molecule has 1 fully saturated rings. The van der Waals surface area contributed by atoms with Crippen LogP contribution in [0.5, 0.6) is 0 Å². The standard InChI is InChI=1S/C20H17ClN4O4/c1-12-10-14(4-9-17(12)25(27)28)20(26)24(16-7-8-16)11-18-22-23-19(29-18)13-2-5-15(21)6-3-13/h2-6,9-10,16H,7-8,11H2,1H3. The van der Waals surface area contributed by atoms with Crippen molar-refractivity contribution in [2.24, 2.45) is 0 Å². The van der Waals surface area contributed by atoms with Gasteiger partial charge in [-0.15, -0.1) is 10.2 Å². The Hall–Kier alpha value is -3.26. The number of aromatic nitrogens is 2. The van der Waals surface area contributed by atoms with Crippen molar-refractivity contribution in [3.63, 3.8) is 0 Å². The van der Waals surface area contributed by atoms with Crippen LogP contribution >= 0.6 is 11.6 Å². The molecule has 1 aromatic heterocycles. The summed E-state index contributed by atoms with van der Waals surface area (Å²) < 4.78 is 5.73. The third-order valence-corrected chi connectivity index (χ3v) is 5.00. The number of carbonyl (C=O) groups excluding carboxylic acids is 1. The summed E-state index contributed by atoms with van der Waals surface area (Å²) in [5.41, 5.74) is 1.57. The first kappa shape index (κ1) is 19.1. The number of nitrogens with zero attached hydrogens (tertiary/aromatic N) is 4. The quantitative estimate of drug-likeness (QED) is 0.439. The van der Waals surface area contributed by atoms with Gasteiger partial charge in [-0.1, -0.05) is 11.6 Å². The number of benzene rings is 2. The molecule has 1 aliphatic rings. The fourth-order valence-corrected chi connectivity index (χ4v) is 3.21. The molecule has 0 spiro atoms. The number of halogens is 1. The Morgan fingerprint density at radius 2 is 1.97 bits per heavy atom. The molecular formula is C20H17ClN4O4. The maximum absolute atomic E-state index is 13.0. The number of nitro groups is 1. The topological polar surface area (TPSA) is 102 Å². The number of amides is 1. The van der Waals surface area contributed by atoms with E-state index >= 15 is 0 Å². The Bertz CT molecular complexity index is 1080. The first-order chi connectivity index (χ1) is 13.9. The number of aryl methyl sites for hydroxylation is 1. The predicted molar refractivity (Wildman–Crippen MR) is 105 cm³/mol. The lowest BCUT2D eigenvalue weighted by Gasteiger charge is -2.20. The average Bonchev–Trinajstić information content (AvgIpc) is 3.44. The van der Waals surface area contributed by atoms with Gasteiger partial charge in [-0.2, -0.15) is 0 Å². The monoisotopic (exact) mass is 412 g/mol. The molecule has 3 aromatic rings. The van der Waals surface area contributed by atoms with Crippen molar-refractivity contribution in [2.45, 2.75) is 32.4 Å². The van der Waals surface area contributed by atoms with Crippen LogP contribution in [-0.2, 0) is 6.54 Å². The molecule has 1 aliphatic carbocycles. The second kappa shape index (κ2) is 7.63. The number of nitro benzene ring substituents is 1. The summed E-state index contributed by atoms with van der Waals surface area (Å²) in [5, 5.41) is 19.7. The van der Waals surface area contributed by atoms with E-state index in [1.165, 1.54) is 12.1 Å². The highest BCUT2D eigenvalue weighted by Gasteiger charge is 2.34. The minimum atomic E-state index is -0.459. The molecule has 0 atom stereocenters. The Morgan fingerprint density at radius 3 is 2.59 bits per heavy atom. The minimum absolute atomic E-state index is 0.0102. The smallest absolute Gasteiger partial charge is 0.272 e. The van der Waals surface area contributed by atoms with Crippen molar-refractivity contribution in [1.82, 2.24) is 15.1 Å². The first-order valence-electron chi connectivity index (χ1n) is 9.06. The summed E-state index contributed by atoms with van der Waals surface area (Å²) in [7, 11) is 0. The van der Waals surface area contributed by atoms with Gasteiger partial charge in [-0.05, 0) is 56.2 Å². The van der Waals surface area contributed by atoms with Crippen LogP contribution in [0, 0.1) is 17.0 Å². The molecule has 0 bridgehead atoms. The van der Waals surface area contributed by atoms with E-state index in [1.807, 2.05) is 0 Å². The molecule has 148 valence electrons. The van der Waals surface area contributed by atoms with Gasteiger partial charge in [0.25, 0.3) is 11.6 Å². The Balaban J connectivity index is 1.54. The average molecular weight is 413 g/mol. The minimum Gasteiger partial charge on any atom is -0.419 e. The third-order valence-electron chi connectivity index (χ3n) is 4.75. The molecule has 1 amide bonds. The van der Waals surface area contributed by atoms with E-state index in [2.05, 4.69) is 10.2 Å². The Morgan fingerprint density at radius 1 is 1.24 bits per heavy atom. The molecule has 8 nitrogen and oxygen atoms in total. The molecule has 2 aromatic carbocycles. The van der Waals surface area contributed by atoms with Gasteiger partial charge in [0.1, 0.15) is 0 Å². The van der Waals surface area contributed by atoms with Crippen LogP contribution in [0.2, 0.25) is 5.02 Å². The maximum atomic E-state index is 13.0. The molecule has 29 heavy (non-hydrogen) atoms. The SMILES string of the molecule is Cc1cc(C(=O)N(Cc2nnc(-c3ccc(Cl)cc3)o2)C2CC2)ccc1[N+](=O)[O-]. The van der Waals surface area contributed by atoms with Crippen molar-refractivity contribution >= 4 is 23.2 Å². The van der Waals surface area contributed by atoms with Crippen molar-refractivity contribution in [3.8, 4) is 11.5 Å². The Labute approximate surface area is 171 Å². The van der Waals surface area contributed by atoms with Crippen molar-refractivity contribution in [3.05, 3.63) is 74.6 Å². The summed E-state index contributed by atoms with van der Waals surface area (Å²) >= 11 is 5.90. The van der Waals surface area contributed by atoms with Crippen LogP contribution in [0.15, 0.2) is 46.9 Å². The van der Waals surface area contributed by atoms with Crippen molar-refractivity contribution < 1.29 is 14.1 Å². The predicted octanol–water partition coefficient (Wildman–Crippen LogP) is 4.41. The molecule has 1 heterocycles. The summed E-state index contributed by atoms with van der Waals surface area (Å²) in [5.74, 6) is 0.469. The van der Waals surface area contributed by atoms with Gasteiger partial charge in [-0.25, -0.2) is 0 Å². The molecule has 0 N–H and O–H groups in total. The van der Waals surface area contributed by atoms with Crippen LogP contribution in [0.3, 0.4) is 0 Å². The summed E-state index contributed by atoms with van der Waals surface area (Å²) in [6.07, 6.45) is 1.80. The van der Waals surface area contributed by atoms with E-state index in [9.17, 15) is 14.9 Å². The van der Waals surface area contributed by atoms with Crippen molar-refractivity contribution in [2.75, 3.05) is 0 Å². The summed E-state index contributed by atoms with van der Waals surface area (Å²) in [6.45, 7) is 1.80. The fourth-order valence-electron chi connectivity index (χ4n) is 3.08. The zero-order valence-electron chi connectivity index (χ0n) is 15.5. The molecule has 0 aliphatic heterocycles.